The third-order valence-electron chi connectivity index (χ3n) is 5.39. The predicted molar refractivity (Wildman–Crippen MR) is 109 cm³/mol. The second kappa shape index (κ2) is 8.11. The number of nitrogens with one attached hydrogen (secondary N) is 1. The van der Waals surface area contributed by atoms with Gasteiger partial charge in [-0.05, 0) is 31.0 Å². The summed E-state index contributed by atoms with van der Waals surface area (Å²) in [6, 6.07) is 7.16. The highest BCUT2D eigenvalue weighted by Crippen LogP contribution is 2.28. The van der Waals surface area contributed by atoms with Gasteiger partial charge in [0.1, 0.15) is 0 Å². The molecule has 28 heavy (non-hydrogen) atoms. The molecule has 6 nitrogen and oxygen atoms in total. The van der Waals surface area contributed by atoms with Gasteiger partial charge in [0, 0.05) is 48.2 Å². The van der Waals surface area contributed by atoms with Crippen molar-refractivity contribution in [1.29, 1.82) is 0 Å². The van der Waals surface area contributed by atoms with E-state index in [1.807, 2.05) is 31.7 Å². The molecule has 1 aromatic carbocycles. The largest absolute Gasteiger partial charge is 0.353 e. The normalized spacial score (nSPS) is 21.1. The quantitative estimate of drug-likeness (QED) is 0.840. The highest BCUT2D eigenvalue weighted by Gasteiger charge is 2.37. The Kier molecular flexibility index (Phi) is 5.98. The zero-order chi connectivity index (χ0) is 20.5. The molecule has 1 N–H and O–H groups in total. The summed E-state index contributed by atoms with van der Waals surface area (Å²) in [7, 11) is 0. The average Bonchev–Trinajstić information content (AvgIpc) is 3.03. The minimum Gasteiger partial charge on any atom is -0.353 e. The Morgan fingerprint density at radius 1 is 1.18 bits per heavy atom. The molecule has 3 amide bonds. The van der Waals surface area contributed by atoms with Crippen LogP contribution in [0.3, 0.4) is 0 Å². The van der Waals surface area contributed by atoms with E-state index in [1.54, 1.807) is 23.1 Å². The van der Waals surface area contributed by atoms with Crippen molar-refractivity contribution in [2.75, 3.05) is 24.5 Å². The Morgan fingerprint density at radius 3 is 2.46 bits per heavy atom. The number of benzene rings is 1. The second-order valence-electron chi connectivity index (χ2n) is 8.71. The van der Waals surface area contributed by atoms with Crippen LogP contribution < -0.4 is 10.2 Å². The number of halogens is 1. The molecule has 152 valence electrons. The van der Waals surface area contributed by atoms with Crippen LogP contribution in [0, 0.1) is 11.3 Å². The summed E-state index contributed by atoms with van der Waals surface area (Å²) < 4.78 is 0. The first-order chi connectivity index (χ1) is 13.1. The van der Waals surface area contributed by atoms with Crippen molar-refractivity contribution in [3.8, 4) is 0 Å². The summed E-state index contributed by atoms with van der Waals surface area (Å²) in [5.74, 6) is -0.358. The second-order valence-corrected chi connectivity index (χ2v) is 9.15. The SMILES string of the molecule is CC(C)(C)C(=O)N1CCC(NC(=O)C2CC(=O)N(c3cccc(Cl)c3)C2)CC1. The molecule has 0 aliphatic carbocycles. The van der Waals surface area contributed by atoms with E-state index in [9.17, 15) is 14.4 Å². The number of piperidine rings is 1. The maximum atomic E-state index is 12.7. The Bertz CT molecular complexity index is 766. The molecular weight excluding hydrogens is 378 g/mol. The Hall–Kier alpha value is -2.08. The standard InChI is InChI=1S/C21H28ClN3O3/c1-21(2,3)20(28)24-9-7-16(8-10-24)23-19(27)14-11-18(26)25(13-14)17-6-4-5-15(22)12-17/h4-6,12,14,16H,7-11,13H2,1-3H3,(H,23,27). The van der Waals surface area contributed by atoms with Gasteiger partial charge in [-0.3, -0.25) is 14.4 Å². The van der Waals surface area contributed by atoms with E-state index in [2.05, 4.69) is 5.32 Å². The molecule has 3 rings (SSSR count). The summed E-state index contributed by atoms with van der Waals surface area (Å²) in [4.78, 5) is 40.9. The van der Waals surface area contributed by atoms with E-state index in [1.165, 1.54) is 0 Å². The van der Waals surface area contributed by atoms with Crippen LogP contribution in [0.15, 0.2) is 24.3 Å². The minimum absolute atomic E-state index is 0.0480. The highest BCUT2D eigenvalue weighted by molar-refractivity contribution is 6.31. The van der Waals surface area contributed by atoms with Gasteiger partial charge in [-0.2, -0.15) is 0 Å². The van der Waals surface area contributed by atoms with E-state index in [0.29, 0.717) is 24.7 Å². The van der Waals surface area contributed by atoms with Crippen molar-refractivity contribution >= 4 is 35.0 Å². The van der Waals surface area contributed by atoms with Gasteiger partial charge in [0.25, 0.3) is 0 Å². The Morgan fingerprint density at radius 2 is 1.86 bits per heavy atom. The lowest BCUT2D eigenvalue weighted by Crippen LogP contribution is -2.50. The van der Waals surface area contributed by atoms with Gasteiger partial charge in [-0.1, -0.05) is 38.4 Å². The number of rotatable bonds is 3. The fourth-order valence-electron chi connectivity index (χ4n) is 3.80. The lowest BCUT2D eigenvalue weighted by Gasteiger charge is -2.36. The van der Waals surface area contributed by atoms with Gasteiger partial charge < -0.3 is 15.1 Å². The zero-order valence-corrected chi connectivity index (χ0v) is 17.5. The minimum atomic E-state index is -0.385. The summed E-state index contributed by atoms with van der Waals surface area (Å²) in [5, 5.41) is 3.65. The van der Waals surface area contributed by atoms with Gasteiger partial charge >= 0.3 is 0 Å². The van der Waals surface area contributed by atoms with Crippen LogP contribution >= 0.6 is 11.6 Å². The van der Waals surface area contributed by atoms with Crippen molar-refractivity contribution in [2.24, 2.45) is 11.3 Å². The molecule has 2 heterocycles. The lowest BCUT2D eigenvalue weighted by atomic mass is 9.93. The molecule has 1 atom stereocenters. The summed E-state index contributed by atoms with van der Waals surface area (Å²) in [6.07, 6.45) is 1.69. The van der Waals surface area contributed by atoms with Gasteiger partial charge in [0.05, 0.1) is 5.92 Å². The first-order valence-electron chi connectivity index (χ1n) is 9.81. The monoisotopic (exact) mass is 405 g/mol. The van der Waals surface area contributed by atoms with Crippen LogP contribution in [0.25, 0.3) is 0 Å². The van der Waals surface area contributed by atoms with Crippen LogP contribution in [0.1, 0.15) is 40.0 Å². The summed E-state index contributed by atoms with van der Waals surface area (Å²) in [6.45, 7) is 7.44. The van der Waals surface area contributed by atoms with E-state index in [0.717, 1.165) is 18.5 Å². The third-order valence-corrected chi connectivity index (χ3v) is 5.62. The van der Waals surface area contributed by atoms with Crippen molar-refractivity contribution in [2.45, 2.75) is 46.1 Å². The number of likely N-dealkylation sites (tertiary alicyclic amines) is 1. The number of anilines is 1. The first-order valence-corrected chi connectivity index (χ1v) is 10.2. The van der Waals surface area contributed by atoms with Crippen LogP contribution in [-0.4, -0.2) is 48.3 Å². The van der Waals surface area contributed by atoms with Crippen LogP contribution in [0.2, 0.25) is 5.02 Å². The number of hydrogen-bond donors (Lipinski definition) is 1. The molecule has 2 aliphatic heterocycles. The van der Waals surface area contributed by atoms with Gasteiger partial charge in [-0.15, -0.1) is 0 Å². The van der Waals surface area contributed by atoms with E-state index in [-0.39, 0.29) is 41.5 Å². The van der Waals surface area contributed by atoms with Gasteiger partial charge in [-0.25, -0.2) is 0 Å². The molecule has 2 saturated heterocycles. The first kappa shape index (κ1) is 20.6. The number of amides is 3. The molecule has 0 radical (unpaired) electrons. The summed E-state index contributed by atoms with van der Waals surface area (Å²) in [5.41, 5.74) is 0.339. The number of carbonyl (C=O) groups is 3. The molecule has 7 heteroatoms. The molecule has 2 aliphatic rings. The highest BCUT2D eigenvalue weighted by atomic mass is 35.5. The number of nitrogens with zero attached hydrogens (tertiary/aromatic N) is 2. The van der Waals surface area contributed by atoms with E-state index in [4.69, 9.17) is 11.6 Å². The predicted octanol–water partition coefficient (Wildman–Crippen LogP) is 2.85. The van der Waals surface area contributed by atoms with Gasteiger partial charge in [0.15, 0.2) is 0 Å². The van der Waals surface area contributed by atoms with Crippen molar-refractivity contribution in [1.82, 2.24) is 10.2 Å². The van der Waals surface area contributed by atoms with Crippen LogP contribution in [0.4, 0.5) is 5.69 Å². The van der Waals surface area contributed by atoms with E-state index < -0.39 is 0 Å². The fourth-order valence-corrected chi connectivity index (χ4v) is 3.98. The van der Waals surface area contributed by atoms with Crippen molar-refractivity contribution < 1.29 is 14.4 Å². The number of hydrogen-bond acceptors (Lipinski definition) is 3. The smallest absolute Gasteiger partial charge is 0.227 e. The van der Waals surface area contributed by atoms with Gasteiger partial charge in [0.2, 0.25) is 17.7 Å². The van der Waals surface area contributed by atoms with Crippen LogP contribution in [0.5, 0.6) is 0 Å². The topological polar surface area (TPSA) is 69.7 Å². The Labute approximate surface area is 171 Å². The molecule has 0 bridgehead atoms. The molecule has 2 fully saturated rings. The molecular formula is C21H28ClN3O3. The molecule has 1 unspecified atom stereocenters. The van der Waals surface area contributed by atoms with Crippen LogP contribution in [-0.2, 0) is 14.4 Å². The molecule has 1 aromatic rings. The zero-order valence-electron chi connectivity index (χ0n) is 16.7. The Balaban J connectivity index is 1.52. The maximum Gasteiger partial charge on any atom is 0.227 e. The molecule has 0 saturated carbocycles. The molecule has 0 spiro atoms. The van der Waals surface area contributed by atoms with E-state index >= 15 is 0 Å². The number of carbonyl (C=O) groups excluding carboxylic acids is 3. The average molecular weight is 406 g/mol. The fraction of sp³-hybridized carbons (Fsp3) is 0.571. The van der Waals surface area contributed by atoms with Crippen molar-refractivity contribution in [3.63, 3.8) is 0 Å². The summed E-state index contributed by atoms with van der Waals surface area (Å²) >= 11 is 6.02. The van der Waals surface area contributed by atoms with Crippen molar-refractivity contribution in [3.05, 3.63) is 29.3 Å². The maximum absolute atomic E-state index is 12.7. The third kappa shape index (κ3) is 4.66. The lowest BCUT2D eigenvalue weighted by molar-refractivity contribution is -0.140. The molecule has 0 aromatic heterocycles.